The van der Waals surface area contributed by atoms with Gasteiger partial charge < -0.3 is 10.2 Å². The van der Waals surface area contributed by atoms with Gasteiger partial charge in [0, 0.05) is 50.5 Å². The van der Waals surface area contributed by atoms with Gasteiger partial charge in [-0.1, -0.05) is 60.7 Å². The Morgan fingerprint density at radius 1 is 0.733 bits per heavy atom. The van der Waals surface area contributed by atoms with E-state index in [9.17, 15) is 4.79 Å². The fourth-order valence-electron chi connectivity index (χ4n) is 3.89. The number of piperazine rings is 1. The van der Waals surface area contributed by atoms with Gasteiger partial charge in [0.1, 0.15) is 0 Å². The highest BCUT2D eigenvalue weighted by molar-refractivity contribution is 5.91. The summed E-state index contributed by atoms with van der Waals surface area (Å²) in [6.45, 7) is 5.19. The number of nitrogens with one attached hydrogen (secondary N) is 1. The summed E-state index contributed by atoms with van der Waals surface area (Å²) in [5, 5.41) is 3.01. The molecule has 0 atom stereocenters. The first-order valence-corrected chi connectivity index (χ1v) is 10.7. The third-order valence-corrected chi connectivity index (χ3v) is 5.62. The minimum atomic E-state index is 0.0566. The van der Waals surface area contributed by atoms with Gasteiger partial charge >= 0.3 is 0 Å². The van der Waals surface area contributed by atoms with Crippen molar-refractivity contribution in [2.75, 3.05) is 36.4 Å². The number of amides is 1. The fraction of sp³-hybridized carbons (Fsp3) is 0.269. The Balaban J connectivity index is 1.23. The molecule has 3 aromatic rings. The molecule has 4 heteroatoms. The van der Waals surface area contributed by atoms with Crippen molar-refractivity contribution in [3.63, 3.8) is 0 Å². The Morgan fingerprint density at radius 3 is 1.97 bits per heavy atom. The van der Waals surface area contributed by atoms with Crippen LogP contribution in [-0.4, -0.2) is 37.0 Å². The average molecular weight is 400 g/mol. The maximum atomic E-state index is 12.2. The van der Waals surface area contributed by atoms with E-state index in [0.29, 0.717) is 6.42 Å². The minimum absolute atomic E-state index is 0.0566. The lowest BCUT2D eigenvalue weighted by Crippen LogP contribution is -2.45. The molecular formula is C26H29N3O. The Labute approximate surface area is 179 Å². The largest absolute Gasteiger partial charge is 0.369 e. The van der Waals surface area contributed by atoms with Gasteiger partial charge in [0.2, 0.25) is 5.91 Å². The first kappa shape index (κ1) is 20.2. The molecule has 0 aliphatic carbocycles. The minimum Gasteiger partial charge on any atom is -0.369 e. The lowest BCUT2D eigenvalue weighted by molar-refractivity contribution is -0.116. The zero-order valence-electron chi connectivity index (χ0n) is 17.3. The summed E-state index contributed by atoms with van der Waals surface area (Å²) in [5.41, 5.74) is 4.64. The van der Waals surface area contributed by atoms with Crippen LogP contribution in [0.1, 0.15) is 17.5 Å². The van der Waals surface area contributed by atoms with E-state index in [4.69, 9.17) is 0 Å². The zero-order chi connectivity index (χ0) is 20.6. The third-order valence-electron chi connectivity index (χ3n) is 5.62. The van der Waals surface area contributed by atoms with Crippen molar-refractivity contribution in [2.45, 2.75) is 19.4 Å². The van der Waals surface area contributed by atoms with Crippen LogP contribution < -0.4 is 10.2 Å². The second-order valence-corrected chi connectivity index (χ2v) is 7.83. The number of rotatable bonds is 7. The summed E-state index contributed by atoms with van der Waals surface area (Å²) < 4.78 is 0. The average Bonchev–Trinajstić information content (AvgIpc) is 2.80. The summed E-state index contributed by atoms with van der Waals surface area (Å²) >= 11 is 0. The maximum absolute atomic E-state index is 12.2. The molecule has 4 rings (SSSR count). The number of aryl methyl sites for hydroxylation is 1. The lowest BCUT2D eigenvalue weighted by Gasteiger charge is -2.36. The van der Waals surface area contributed by atoms with E-state index in [0.717, 1.165) is 44.8 Å². The van der Waals surface area contributed by atoms with E-state index in [2.05, 4.69) is 69.7 Å². The molecule has 1 fully saturated rings. The molecule has 1 aliphatic rings. The molecular weight excluding hydrogens is 370 g/mol. The predicted octanol–water partition coefficient (Wildman–Crippen LogP) is 4.58. The van der Waals surface area contributed by atoms with Crippen molar-refractivity contribution in [1.29, 1.82) is 0 Å². The van der Waals surface area contributed by atoms with Crippen LogP contribution in [0.25, 0.3) is 0 Å². The summed E-state index contributed by atoms with van der Waals surface area (Å²) in [4.78, 5) is 17.2. The fourth-order valence-corrected chi connectivity index (χ4v) is 3.89. The molecule has 3 aromatic carbocycles. The van der Waals surface area contributed by atoms with Crippen LogP contribution in [0.5, 0.6) is 0 Å². The van der Waals surface area contributed by atoms with Crippen LogP contribution in [0, 0.1) is 0 Å². The SMILES string of the molecule is O=C(CCc1ccccc1)Nc1ccc(N2CCN(Cc3ccccc3)CC2)cc1. The summed E-state index contributed by atoms with van der Waals surface area (Å²) in [7, 11) is 0. The molecule has 1 N–H and O–H groups in total. The van der Waals surface area contributed by atoms with Gasteiger partial charge in [-0.15, -0.1) is 0 Å². The first-order valence-electron chi connectivity index (χ1n) is 10.7. The number of carbonyl (C=O) groups excluding carboxylic acids is 1. The maximum Gasteiger partial charge on any atom is 0.224 e. The summed E-state index contributed by atoms with van der Waals surface area (Å²) in [6.07, 6.45) is 1.26. The Hall–Kier alpha value is -3.11. The first-order chi connectivity index (χ1) is 14.8. The Bertz CT molecular complexity index is 918. The number of hydrogen-bond acceptors (Lipinski definition) is 3. The molecule has 1 aliphatic heterocycles. The van der Waals surface area contributed by atoms with E-state index < -0.39 is 0 Å². The van der Waals surface area contributed by atoms with Gasteiger partial charge in [-0.2, -0.15) is 0 Å². The number of nitrogens with zero attached hydrogens (tertiary/aromatic N) is 2. The molecule has 154 valence electrons. The van der Waals surface area contributed by atoms with Crippen LogP contribution in [0.15, 0.2) is 84.9 Å². The highest BCUT2D eigenvalue weighted by Crippen LogP contribution is 2.20. The van der Waals surface area contributed by atoms with Gasteiger partial charge in [-0.25, -0.2) is 0 Å². The quantitative estimate of drug-likeness (QED) is 0.632. The number of carbonyl (C=O) groups is 1. The highest BCUT2D eigenvalue weighted by Gasteiger charge is 2.17. The van der Waals surface area contributed by atoms with Crippen molar-refractivity contribution in [3.05, 3.63) is 96.1 Å². The molecule has 0 saturated carbocycles. The second-order valence-electron chi connectivity index (χ2n) is 7.83. The van der Waals surface area contributed by atoms with E-state index in [1.165, 1.54) is 16.8 Å². The van der Waals surface area contributed by atoms with E-state index in [1.54, 1.807) is 0 Å². The molecule has 4 nitrogen and oxygen atoms in total. The normalized spacial score (nSPS) is 14.5. The predicted molar refractivity (Wildman–Crippen MR) is 124 cm³/mol. The van der Waals surface area contributed by atoms with E-state index in [-0.39, 0.29) is 5.91 Å². The van der Waals surface area contributed by atoms with Crippen LogP contribution in [-0.2, 0) is 17.8 Å². The van der Waals surface area contributed by atoms with Crippen molar-refractivity contribution < 1.29 is 4.79 Å². The van der Waals surface area contributed by atoms with Crippen LogP contribution in [0.4, 0.5) is 11.4 Å². The van der Waals surface area contributed by atoms with Gasteiger partial charge in [0.25, 0.3) is 0 Å². The lowest BCUT2D eigenvalue weighted by atomic mass is 10.1. The molecule has 0 radical (unpaired) electrons. The topological polar surface area (TPSA) is 35.6 Å². The molecule has 0 unspecified atom stereocenters. The molecule has 30 heavy (non-hydrogen) atoms. The van der Waals surface area contributed by atoms with E-state index >= 15 is 0 Å². The van der Waals surface area contributed by atoms with Crippen LogP contribution in [0.3, 0.4) is 0 Å². The van der Waals surface area contributed by atoms with Crippen molar-refractivity contribution >= 4 is 17.3 Å². The molecule has 0 aromatic heterocycles. The third kappa shape index (κ3) is 5.71. The number of hydrogen-bond donors (Lipinski definition) is 1. The summed E-state index contributed by atoms with van der Waals surface area (Å²) in [6, 6.07) is 29.0. The highest BCUT2D eigenvalue weighted by atomic mass is 16.1. The van der Waals surface area contributed by atoms with Gasteiger partial charge in [0.15, 0.2) is 0 Å². The second kappa shape index (κ2) is 10.1. The smallest absolute Gasteiger partial charge is 0.224 e. The van der Waals surface area contributed by atoms with Gasteiger partial charge in [0.05, 0.1) is 0 Å². The van der Waals surface area contributed by atoms with Gasteiger partial charge in [-0.05, 0) is 41.8 Å². The van der Waals surface area contributed by atoms with Crippen molar-refractivity contribution in [2.24, 2.45) is 0 Å². The van der Waals surface area contributed by atoms with Gasteiger partial charge in [-0.3, -0.25) is 9.69 Å². The monoisotopic (exact) mass is 399 g/mol. The molecule has 0 bridgehead atoms. The standard InChI is InChI=1S/C26H29N3O/c30-26(16-11-22-7-3-1-4-8-22)27-24-12-14-25(15-13-24)29-19-17-28(18-20-29)21-23-9-5-2-6-10-23/h1-10,12-15H,11,16-21H2,(H,27,30). The zero-order valence-corrected chi connectivity index (χ0v) is 17.3. The Morgan fingerprint density at radius 2 is 1.33 bits per heavy atom. The number of anilines is 2. The molecule has 1 saturated heterocycles. The molecule has 0 spiro atoms. The number of benzene rings is 3. The van der Waals surface area contributed by atoms with Crippen molar-refractivity contribution in [1.82, 2.24) is 4.90 Å². The molecule has 1 amide bonds. The molecule has 1 heterocycles. The summed E-state index contributed by atoms with van der Waals surface area (Å²) in [5.74, 6) is 0.0566. The van der Waals surface area contributed by atoms with Crippen LogP contribution in [0.2, 0.25) is 0 Å². The van der Waals surface area contributed by atoms with E-state index in [1.807, 2.05) is 30.3 Å². The Kier molecular flexibility index (Phi) is 6.78. The van der Waals surface area contributed by atoms with Crippen LogP contribution >= 0.6 is 0 Å². The van der Waals surface area contributed by atoms with Crippen molar-refractivity contribution in [3.8, 4) is 0 Å².